The fraction of sp³-hybridized carbons (Fsp3) is 0.143. The van der Waals surface area contributed by atoms with E-state index in [0.717, 1.165) is 11.1 Å². The first-order valence-corrected chi connectivity index (χ1v) is 12.6. The summed E-state index contributed by atoms with van der Waals surface area (Å²) < 4.78 is 61.7. The number of benzene rings is 3. The van der Waals surface area contributed by atoms with Crippen molar-refractivity contribution in [1.82, 2.24) is 0 Å². The van der Waals surface area contributed by atoms with Gasteiger partial charge in [-0.2, -0.15) is 0 Å². The molecule has 4 rings (SSSR count). The van der Waals surface area contributed by atoms with E-state index >= 15 is 0 Å². The second-order valence-corrected chi connectivity index (χ2v) is 10.9. The Labute approximate surface area is 186 Å². The zero-order chi connectivity index (χ0) is 22.2. The van der Waals surface area contributed by atoms with Gasteiger partial charge in [0.25, 0.3) is 20.0 Å². The van der Waals surface area contributed by atoms with E-state index in [0.29, 0.717) is 29.5 Å². The predicted octanol–water partition coefficient (Wildman–Crippen LogP) is 4.28. The Morgan fingerprint density at radius 3 is 2.13 bits per heavy atom. The van der Waals surface area contributed by atoms with Gasteiger partial charge in [0, 0.05) is 10.7 Å². The summed E-state index contributed by atoms with van der Waals surface area (Å²) >= 11 is 5.83. The molecule has 1 aliphatic heterocycles. The topological polar surface area (TPSA) is 102 Å². The van der Waals surface area contributed by atoms with Crippen molar-refractivity contribution in [3.05, 3.63) is 82.4 Å². The van der Waals surface area contributed by atoms with Crippen LogP contribution in [0.25, 0.3) is 0 Å². The maximum atomic E-state index is 12.9. The van der Waals surface area contributed by atoms with Crippen LogP contribution in [0.5, 0.6) is 0 Å². The number of ether oxygens (including phenoxy) is 1. The quantitative estimate of drug-likeness (QED) is 0.550. The van der Waals surface area contributed by atoms with E-state index in [1.165, 1.54) is 30.3 Å². The number of anilines is 2. The molecule has 1 heterocycles. The predicted molar refractivity (Wildman–Crippen MR) is 119 cm³/mol. The van der Waals surface area contributed by atoms with E-state index in [-0.39, 0.29) is 15.5 Å². The number of halogens is 1. The average molecular weight is 479 g/mol. The molecule has 0 radical (unpaired) electrons. The molecule has 0 aromatic heterocycles. The van der Waals surface area contributed by atoms with E-state index in [2.05, 4.69) is 9.44 Å². The molecule has 0 atom stereocenters. The van der Waals surface area contributed by atoms with Crippen LogP contribution in [0.2, 0.25) is 5.02 Å². The second kappa shape index (κ2) is 8.16. The third kappa shape index (κ3) is 4.69. The summed E-state index contributed by atoms with van der Waals surface area (Å²) in [5.74, 6) is 0. The lowest BCUT2D eigenvalue weighted by Gasteiger charge is -2.14. The lowest BCUT2D eigenvalue weighted by Crippen LogP contribution is -2.16. The van der Waals surface area contributed by atoms with Gasteiger partial charge in [-0.25, -0.2) is 16.8 Å². The van der Waals surface area contributed by atoms with E-state index < -0.39 is 20.0 Å². The Morgan fingerprint density at radius 2 is 1.39 bits per heavy atom. The molecular weight excluding hydrogens is 460 g/mol. The van der Waals surface area contributed by atoms with Crippen LogP contribution in [0.1, 0.15) is 16.7 Å². The van der Waals surface area contributed by atoms with Crippen LogP contribution in [-0.2, 0) is 38.0 Å². The van der Waals surface area contributed by atoms with Crippen molar-refractivity contribution in [2.75, 3.05) is 9.44 Å². The highest BCUT2D eigenvalue weighted by Gasteiger charge is 2.21. The minimum absolute atomic E-state index is 0.0758. The van der Waals surface area contributed by atoms with E-state index in [1.54, 1.807) is 37.3 Å². The van der Waals surface area contributed by atoms with Crippen LogP contribution in [0.4, 0.5) is 11.4 Å². The van der Waals surface area contributed by atoms with E-state index in [4.69, 9.17) is 16.3 Å². The Balaban J connectivity index is 1.62. The molecular formula is C21H19ClN2O5S2. The van der Waals surface area contributed by atoms with Crippen LogP contribution in [0, 0.1) is 6.92 Å². The number of fused-ring (bicyclic) bond motifs is 1. The lowest BCUT2D eigenvalue weighted by molar-refractivity contribution is 0.134. The molecule has 0 spiro atoms. The number of hydrogen-bond donors (Lipinski definition) is 2. The van der Waals surface area contributed by atoms with Gasteiger partial charge in [0.05, 0.1) is 28.7 Å². The van der Waals surface area contributed by atoms with Crippen molar-refractivity contribution in [1.29, 1.82) is 0 Å². The van der Waals surface area contributed by atoms with E-state index in [9.17, 15) is 16.8 Å². The highest BCUT2D eigenvalue weighted by atomic mass is 35.5. The highest BCUT2D eigenvalue weighted by Crippen LogP contribution is 2.27. The minimum atomic E-state index is -3.94. The van der Waals surface area contributed by atoms with Gasteiger partial charge in [-0.1, -0.05) is 23.7 Å². The van der Waals surface area contributed by atoms with E-state index in [1.807, 2.05) is 0 Å². The maximum absolute atomic E-state index is 12.9. The number of rotatable bonds is 6. The molecule has 162 valence electrons. The average Bonchev–Trinajstić information content (AvgIpc) is 3.19. The van der Waals surface area contributed by atoms with Gasteiger partial charge in [0.1, 0.15) is 0 Å². The summed E-state index contributed by atoms with van der Waals surface area (Å²) in [7, 11) is -7.86. The summed E-state index contributed by atoms with van der Waals surface area (Å²) in [5, 5.41) is 0.480. The van der Waals surface area contributed by atoms with Crippen molar-refractivity contribution in [2.45, 2.75) is 29.9 Å². The van der Waals surface area contributed by atoms with Crippen LogP contribution < -0.4 is 9.44 Å². The maximum Gasteiger partial charge on any atom is 0.261 e. The van der Waals surface area contributed by atoms with Gasteiger partial charge in [-0.3, -0.25) is 9.44 Å². The molecule has 2 N–H and O–H groups in total. The summed E-state index contributed by atoms with van der Waals surface area (Å²) in [6, 6.07) is 15.3. The SMILES string of the molecule is Cc1ccc(S(=O)(=O)Nc2ccc(Cl)cc2)cc1NS(=O)(=O)c1ccc2c(c1)COC2. The lowest BCUT2D eigenvalue weighted by atomic mass is 10.1. The molecule has 3 aromatic rings. The van der Waals surface area contributed by atoms with Crippen LogP contribution in [0.3, 0.4) is 0 Å². The summed E-state index contributed by atoms with van der Waals surface area (Å²) in [5.41, 5.74) is 2.88. The minimum Gasteiger partial charge on any atom is -0.372 e. The zero-order valence-corrected chi connectivity index (χ0v) is 18.8. The number of hydrogen-bond acceptors (Lipinski definition) is 5. The first-order chi connectivity index (χ1) is 14.6. The van der Waals surface area contributed by atoms with Crippen molar-refractivity contribution < 1.29 is 21.6 Å². The van der Waals surface area contributed by atoms with Crippen molar-refractivity contribution in [2.24, 2.45) is 0 Å². The van der Waals surface area contributed by atoms with Gasteiger partial charge in [-0.05, 0) is 72.1 Å². The Kier molecular flexibility index (Phi) is 5.69. The van der Waals surface area contributed by atoms with Crippen molar-refractivity contribution in [3.8, 4) is 0 Å². The summed E-state index contributed by atoms with van der Waals surface area (Å²) in [4.78, 5) is 0.0109. The molecule has 7 nitrogen and oxygen atoms in total. The third-order valence-corrected chi connectivity index (χ3v) is 7.86. The fourth-order valence-electron chi connectivity index (χ4n) is 3.13. The third-order valence-electron chi connectivity index (χ3n) is 4.86. The molecule has 0 amide bonds. The number of aryl methyl sites for hydroxylation is 1. The first kappa shape index (κ1) is 21.6. The normalized spacial score (nSPS) is 13.6. The first-order valence-electron chi connectivity index (χ1n) is 9.25. The molecule has 0 bridgehead atoms. The molecule has 0 aliphatic carbocycles. The van der Waals surface area contributed by atoms with Crippen LogP contribution in [-0.4, -0.2) is 16.8 Å². The van der Waals surface area contributed by atoms with Gasteiger partial charge in [0.15, 0.2) is 0 Å². The standard InChI is InChI=1S/C21H19ClN2O5S2/c1-14-2-8-20(30(25,26)23-18-6-4-17(22)5-7-18)11-21(14)24-31(27,28)19-9-3-15-12-29-13-16(15)10-19/h2-11,23-24H,12-13H2,1H3. The number of nitrogens with one attached hydrogen (secondary N) is 2. The van der Waals surface area contributed by atoms with Gasteiger partial charge < -0.3 is 4.74 Å². The smallest absolute Gasteiger partial charge is 0.261 e. The van der Waals surface area contributed by atoms with Crippen molar-refractivity contribution in [3.63, 3.8) is 0 Å². The highest BCUT2D eigenvalue weighted by molar-refractivity contribution is 7.93. The van der Waals surface area contributed by atoms with Crippen LogP contribution in [0.15, 0.2) is 70.5 Å². The van der Waals surface area contributed by atoms with Gasteiger partial charge in [-0.15, -0.1) is 0 Å². The molecule has 0 saturated carbocycles. The molecule has 0 unspecified atom stereocenters. The monoisotopic (exact) mass is 478 g/mol. The van der Waals surface area contributed by atoms with Crippen molar-refractivity contribution >= 4 is 43.0 Å². The zero-order valence-electron chi connectivity index (χ0n) is 16.4. The summed E-state index contributed by atoms with van der Waals surface area (Å²) in [6.07, 6.45) is 0. The summed E-state index contributed by atoms with van der Waals surface area (Å²) in [6.45, 7) is 2.52. The molecule has 0 fully saturated rings. The number of sulfonamides is 2. The Hall–Kier alpha value is -2.59. The Bertz CT molecular complexity index is 1360. The molecule has 0 saturated heterocycles. The molecule has 10 heteroatoms. The van der Waals surface area contributed by atoms with Crippen LogP contribution >= 0.6 is 11.6 Å². The molecule has 3 aromatic carbocycles. The fourth-order valence-corrected chi connectivity index (χ4v) is 5.51. The van der Waals surface area contributed by atoms with Gasteiger partial charge in [0.2, 0.25) is 0 Å². The second-order valence-electron chi connectivity index (χ2n) is 7.12. The molecule has 31 heavy (non-hydrogen) atoms. The Morgan fingerprint density at radius 1 is 0.774 bits per heavy atom. The largest absolute Gasteiger partial charge is 0.372 e. The van der Waals surface area contributed by atoms with Gasteiger partial charge >= 0.3 is 0 Å². The molecule has 1 aliphatic rings.